The van der Waals surface area contributed by atoms with Crippen molar-refractivity contribution in [3.05, 3.63) is 0 Å². The van der Waals surface area contributed by atoms with Crippen molar-refractivity contribution in [2.75, 3.05) is 44.7 Å². The van der Waals surface area contributed by atoms with Crippen LogP contribution in [0.4, 0.5) is 0 Å². The largest absolute Gasteiger partial charge is 0.316 e. The quantitative estimate of drug-likeness (QED) is 0.643. The summed E-state index contributed by atoms with van der Waals surface area (Å²) in [6, 6.07) is 0. The lowest BCUT2D eigenvalue weighted by atomic mass is 10.2. The van der Waals surface area contributed by atoms with Crippen LogP contribution in [0.5, 0.6) is 0 Å². The van der Waals surface area contributed by atoms with Crippen LogP contribution >= 0.6 is 11.8 Å². The maximum atomic E-state index is 3.55. The molecule has 1 unspecified atom stereocenters. The number of hydrogen-bond donors (Lipinski definition) is 1. The van der Waals surface area contributed by atoms with Gasteiger partial charge in [-0.15, -0.1) is 0 Å². The summed E-state index contributed by atoms with van der Waals surface area (Å²) in [6.45, 7) is 8.66. The van der Waals surface area contributed by atoms with E-state index in [1.54, 1.807) is 0 Å². The van der Waals surface area contributed by atoms with Gasteiger partial charge in [-0.2, -0.15) is 11.8 Å². The summed E-state index contributed by atoms with van der Waals surface area (Å²) >= 11 is 1.95. The Hall–Kier alpha value is 0.270. The van der Waals surface area contributed by atoms with Gasteiger partial charge in [0.2, 0.25) is 0 Å². The van der Waals surface area contributed by atoms with Gasteiger partial charge in [0.1, 0.15) is 0 Å². The second-order valence-electron chi connectivity index (χ2n) is 4.67. The molecule has 90 valence electrons. The molecule has 0 aliphatic carbocycles. The average molecular weight is 230 g/mol. The molecule has 1 aliphatic rings. The van der Waals surface area contributed by atoms with E-state index in [2.05, 4.69) is 23.4 Å². The molecule has 0 amide bonds. The Labute approximate surface area is 99.2 Å². The molecule has 1 rings (SSSR count). The Kier molecular flexibility index (Phi) is 7.49. The topological polar surface area (TPSA) is 15.3 Å². The zero-order valence-corrected chi connectivity index (χ0v) is 11.1. The molecule has 2 nitrogen and oxygen atoms in total. The van der Waals surface area contributed by atoms with E-state index >= 15 is 0 Å². The van der Waals surface area contributed by atoms with Gasteiger partial charge in [-0.25, -0.2) is 0 Å². The first-order valence-corrected chi connectivity index (χ1v) is 7.64. The van der Waals surface area contributed by atoms with Crippen molar-refractivity contribution in [1.82, 2.24) is 10.2 Å². The number of thioether (sulfide) groups is 1. The third-order valence-corrected chi connectivity index (χ3v) is 3.87. The Balaban J connectivity index is 1.84. The molecule has 1 atom stereocenters. The van der Waals surface area contributed by atoms with Crippen molar-refractivity contribution in [1.29, 1.82) is 0 Å². The summed E-state index contributed by atoms with van der Waals surface area (Å²) in [7, 11) is 0. The maximum Gasteiger partial charge on any atom is -0.000664 e. The number of rotatable bonds is 8. The Morgan fingerprint density at radius 1 is 1.33 bits per heavy atom. The summed E-state index contributed by atoms with van der Waals surface area (Å²) in [4.78, 5) is 2.59. The lowest BCUT2D eigenvalue weighted by Crippen LogP contribution is -2.27. The molecule has 1 N–H and O–H groups in total. The van der Waals surface area contributed by atoms with Gasteiger partial charge in [0, 0.05) is 0 Å². The fraction of sp³-hybridized carbons (Fsp3) is 1.00. The molecular formula is C12H26N2S. The smallest absolute Gasteiger partial charge is 0.000664 e. The molecule has 0 saturated carbocycles. The van der Waals surface area contributed by atoms with Crippen molar-refractivity contribution in [3.8, 4) is 0 Å². The first-order chi connectivity index (χ1) is 7.33. The summed E-state index contributed by atoms with van der Waals surface area (Å²) < 4.78 is 0. The normalized spacial score (nSPS) is 19.6. The summed E-state index contributed by atoms with van der Waals surface area (Å²) in [5.74, 6) is 2.09. The molecule has 0 radical (unpaired) electrons. The number of nitrogens with one attached hydrogen (secondary N) is 1. The molecule has 3 heteroatoms. The van der Waals surface area contributed by atoms with Gasteiger partial charge in [-0.3, -0.25) is 0 Å². The highest BCUT2D eigenvalue weighted by Crippen LogP contribution is 2.07. The lowest BCUT2D eigenvalue weighted by Gasteiger charge is -2.15. The Bertz CT molecular complexity index is 147. The first kappa shape index (κ1) is 13.3. The van der Waals surface area contributed by atoms with Gasteiger partial charge < -0.3 is 10.2 Å². The molecule has 1 aliphatic heterocycles. The Morgan fingerprint density at radius 3 is 2.73 bits per heavy atom. The predicted octanol–water partition coefficient (Wildman–Crippen LogP) is 2.06. The van der Waals surface area contributed by atoms with Gasteiger partial charge in [0.05, 0.1) is 0 Å². The van der Waals surface area contributed by atoms with Gasteiger partial charge >= 0.3 is 0 Å². The molecule has 1 heterocycles. The minimum Gasteiger partial charge on any atom is -0.316 e. The lowest BCUT2D eigenvalue weighted by molar-refractivity contribution is 0.330. The summed E-state index contributed by atoms with van der Waals surface area (Å²) in [5, 5.41) is 3.55. The fourth-order valence-electron chi connectivity index (χ4n) is 2.13. The fourth-order valence-corrected chi connectivity index (χ4v) is 2.81. The standard InChI is InChI=1S/C12H26N2S/c1-12(11-15-2)10-13-6-5-9-14-7-3-4-8-14/h12-13H,3-11H2,1-2H3. The van der Waals surface area contributed by atoms with Crippen molar-refractivity contribution in [2.24, 2.45) is 5.92 Å². The van der Waals surface area contributed by atoms with Crippen molar-refractivity contribution >= 4 is 11.8 Å². The highest BCUT2D eigenvalue weighted by Gasteiger charge is 2.09. The van der Waals surface area contributed by atoms with Crippen molar-refractivity contribution < 1.29 is 0 Å². The zero-order valence-electron chi connectivity index (χ0n) is 10.3. The average Bonchev–Trinajstić information content (AvgIpc) is 2.70. The van der Waals surface area contributed by atoms with E-state index in [-0.39, 0.29) is 0 Å². The van der Waals surface area contributed by atoms with E-state index < -0.39 is 0 Å². The molecule has 0 aromatic heterocycles. The van der Waals surface area contributed by atoms with E-state index in [1.165, 1.54) is 57.7 Å². The molecule has 0 spiro atoms. The zero-order chi connectivity index (χ0) is 10.9. The maximum absolute atomic E-state index is 3.55. The summed E-state index contributed by atoms with van der Waals surface area (Å²) in [6.07, 6.45) is 6.33. The van der Waals surface area contributed by atoms with Gasteiger partial charge in [-0.05, 0) is 69.9 Å². The molecule has 0 bridgehead atoms. The number of likely N-dealkylation sites (tertiary alicyclic amines) is 1. The van der Waals surface area contributed by atoms with Gasteiger partial charge in [-0.1, -0.05) is 6.92 Å². The second-order valence-corrected chi connectivity index (χ2v) is 5.58. The van der Waals surface area contributed by atoms with Crippen LogP contribution in [0.25, 0.3) is 0 Å². The highest BCUT2D eigenvalue weighted by molar-refractivity contribution is 7.98. The van der Waals surface area contributed by atoms with Crippen LogP contribution < -0.4 is 5.32 Å². The highest BCUT2D eigenvalue weighted by atomic mass is 32.2. The SMILES string of the molecule is CSCC(C)CNCCCN1CCCC1. The molecule has 1 fully saturated rings. The van der Waals surface area contributed by atoms with Crippen LogP contribution in [0.2, 0.25) is 0 Å². The minimum absolute atomic E-state index is 0.812. The molecule has 1 saturated heterocycles. The molecule has 15 heavy (non-hydrogen) atoms. The van der Waals surface area contributed by atoms with Crippen molar-refractivity contribution in [2.45, 2.75) is 26.2 Å². The van der Waals surface area contributed by atoms with Crippen LogP contribution in [0.15, 0.2) is 0 Å². The predicted molar refractivity (Wildman–Crippen MR) is 70.7 cm³/mol. The summed E-state index contributed by atoms with van der Waals surface area (Å²) in [5.41, 5.74) is 0. The van der Waals surface area contributed by atoms with Crippen LogP contribution in [-0.2, 0) is 0 Å². The first-order valence-electron chi connectivity index (χ1n) is 6.25. The molecular weight excluding hydrogens is 204 g/mol. The molecule has 0 aromatic rings. The van der Waals surface area contributed by atoms with Gasteiger partial charge in [0.25, 0.3) is 0 Å². The van der Waals surface area contributed by atoms with Crippen LogP contribution in [0, 0.1) is 5.92 Å². The van der Waals surface area contributed by atoms with Crippen LogP contribution in [0.3, 0.4) is 0 Å². The Morgan fingerprint density at radius 2 is 2.07 bits per heavy atom. The second kappa shape index (κ2) is 8.43. The monoisotopic (exact) mass is 230 g/mol. The minimum atomic E-state index is 0.812. The molecule has 0 aromatic carbocycles. The number of hydrogen-bond acceptors (Lipinski definition) is 3. The third kappa shape index (κ3) is 6.44. The number of nitrogens with zero attached hydrogens (tertiary/aromatic N) is 1. The van der Waals surface area contributed by atoms with E-state index in [1.807, 2.05) is 11.8 Å². The van der Waals surface area contributed by atoms with E-state index in [0.717, 1.165) is 5.92 Å². The van der Waals surface area contributed by atoms with E-state index in [4.69, 9.17) is 0 Å². The van der Waals surface area contributed by atoms with Crippen LogP contribution in [0.1, 0.15) is 26.2 Å². The van der Waals surface area contributed by atoms with Gasteiger partial charge in [0.15, 0.2) is 0 Å². The van der Waals surface area contributed by atoms with E-state index in [0.29, 0.717) is 0 Å². The van der Waals surface area contributed by atoms with Crippen LogP contribution in [-0.4, -0.2) is 49.6 Å². The van der Waals surface area contributed by atoms with Crippen molar-refractivity contribution in [3.63, 3.8) is 0 Å². The third-order valence-electron chi connectivity index (χ3n) is 2.97. The van der Waals surface area contributed by atoms with E-state index in [9.17, 15) is 0 Å².